The number of aliphatic hydroxyl groups excluding tert-OH is 1. The second kappa shape index (κ2) is 12.3. The number of amides is 1. The largest absolute Gasteiger partial charge is 0.383 e. The molecule has 0 aliphatic heterocycles. The molecule has 11 heteroatoms. The SMILES string of the molecule is CNC(C)C.Nc1ncc(-c2ccc(NC(=O)C(O)c3cc(F)cc(F)c3)c(F)c2Cl)cc1C=O. The minimum atomic E-state index is -1.95. The maximum Gasteiger partial charge on any atom is 0.257 e. The van der Waals surface area contributed by atoms with Crippen LogP contribution in [0.5, 0.6) is 0 Å². The molecule has 0 saturated heterocycles. The number of nitrogens with zero attached hydrogens (tertiary/aromatic N) is 1. The maximum atomic E-state index is 14.7. The number of aldehydes is 1. The van der Waals surface area contributed by atoms with E-state index in [1.807, 2.05) is 7.05 Å². The minimum Gasteiger partial charge on any atom is -0.383 e. The van der Waals surface area contributed by atoms with E-state index >= 15 is 0 Å². The fourth-order valence-corrected chi connectivity index (χ4v) is 2.96. The van der Waals surface area contributed by atoms with Gasteiger partial charge in [0.05, 0.1) is 16.3 Å². The highest BCUT2D eigenvalue weighted by atomic mass is 35.5. The molecule has 0 radical (unpaired) electrons. The first kappa shape index (κ1) is 27.8. The molecule has 0 fully saturated rings. The summed E-state index contributed by atoms with van der Waals surface area (Å²) in [5.74, 6) is -4.12. The first-order valence-corrected chi connectivity index (χ1v) is 10.7. The normalized spacial score (nSPS) is 11.5. The van der Waals surface area contributed by atoms with Crippen LogP contribution >= 0.6 is 11.6 Å². The molecule has 0 aliphatic carbocycles. The quantitative estimate of drug-likeness (QED) is 0.364. The zero-order valence-corrected chi connectivity index (χ0v) is 19.8. The Morgan fingerprint density at radius 2 is 1.74 bits per heavy atom. The number of aliphatic hydroxyl groups is 1. The number of hydrogen-bond donors (Lipinski definition) is 4. The third kappa shape index (κ3) is 7.25. The van der Waals surface area contributed by atoms with Gasteiger partial charge in [0.25, 0.3) is 5.91 Å². The van der Waals surface area contributed by atoms with Crippen molar-refractivity contribution in [3.05, 3.63) is 76.2 Å². The Morgan fingerprint density at radius 3 is 2.29 bits per heavy atom. The van der Waals surface area contributed by atoms with Crippen molar-refractivity contribution in [1.82, 2.24) is 10.3 Å². The number of benzene rings is 2. The monoisotopic (exact) mass is 508 g/mol. The van der Waals surface area contributed by atoms with Gasteiger partial charge < -0.3 is 21.5 Å². The van der Waals surface area contributed by atoms with Gasteiger partial charge in [0, 0.05) is 29.4 Å². The standard InChI is InChI=1S/C20H13ClF3N3O3.C4H11N/c21-16-14(10-3-11(8-28)19(25)26-7-10)1-2-15(17(16)24)27-20(30)18(29)9-4-12(22)6-13(23)5-9;1-4(2)5-3/h1-8,18,29H,(H2,25,26)(H,27,30);4-5H,1-3H3. The van der Waals surface area contributed by atoms with Crippen LogP contribution in [-0.2, 0) is 4.79 Å². The van der Waals surface area contributed by atoms with E-state index in [1.165, 1.54) is 24.4 Å². The summed E-state index contributed by atoms with van der Waals surface area (Å²) in [5.41, 5.74) is 5.41. The van der Waals surface area contributed by atoms with Crippen LogP contribution in [0.1, 0.15) is 35.9 Å². The van der Waals surface area contributed by atoms with E-state index in [0.29, 0.717) is 24.0 Å². The molecule has 0 aliphatic rings. The van der Waals surface area contributed by atoms with Crippen molar-refractivity contribution in [2.75, 3.05) is 18.1 Å². The zero-order valence-electron chi connectivity index (χ0n) is 19.1. The lowest BCUT2D eigenvalue weighted by molar-refractivity contribution is -0.124. The highest BCUT2D eigenvalue weighted by molar-refractivity contribution is 6.34. The van der Waals surface area contributed by atoms with Crippen LogP contribution in [0.3, 0.4) is 0 Å². The van der Waals surface area contributed by atoms with Crippen LogP contribution in [0.4, 0.5) is 24.7 Å². The minimum absolute atomic E-state index is 0.00278. The summed E-state index contributed by atoms with van der Waals surface area (Å²) in [6, 6.07) is 6.67. The number of aromatic nitrogens is 1. The van der Waals surface area contributed by atoms with Crippen molar-refractivity contribution >= 4 is 35.3 Å². The molecule has 35 heavy (non-hydrogen) atoms. The molecule has 1 atom stereocenters. The van der Waals surface area contributed by atoms with Crippen molar-refractivity contribution < 1.29 is 27.9 Å². The third-order valence-corrected chi connectivity index (χ3v) is 5.12. The maximum absolute atomic E-state index is 14.7. The van der Waals surface area contributed by atoms with Crippen LogP contribution in [0.15, 0.2) is 42.6 Å². The predicted octanol–water partition coefficient (Wildman–Crippen LogP) is 4.50. The van der Waals surface area contributed by atoms with Gasteiger partial charge in [0.2, 0.25) is 0 Å². The van der Waals surface area contributed by atoms with Crippen LogP contribution in [0, 0.1) is 17.5 Å². The van der Waals surface area contributed by atoms with E-state index in [0.717, 1.165) is 12.1 Å². The van der Waals surface area contributed by atoms with Gasteiger partial charge >= 0.3 is 0 Å². The molecule has 7 nitrogen and oxygen atoms in total. The Labute approximate surface area is 205 Å². The van der Waals surface area contributed by atoms with Gasteiger partial charge in [-0.05, 0) is 36.9 Å². The summed E-state index contributed by atoms with van der Waals surface area (Å²) in [6.07, 6.45) is -0.172. The summed E-state index contributed by atoms with van der Waals surface area (Å²) >= 11 is 6.05. The van der Waals surface area contributed by atoms with Crippen molar-refractivity contribution in [2.45, 2.75) is 26.0 Å². The highest BCUT2D eigenvalue weighted by Gasteiger charge is 2.22. The summed E-state index contributed by atoms with van der Waals surface area (Å²) in [6.45, 7) is 4.22. The van der Waals surface area contributed by atoms with Gasteiger partial charge in [-0.25, -0.2) is 18.2 Å². The molecule has 1 aromatic heterocycles. The van der Waals surface area contributed by atoms with Crippen molar-refractivity contribution in [3.8, 4) is 11.1 Å². The summed E-state index contributed by atoms with van der Waals surface area (Å²) in [5, 5.41) is 14.8. The molecule has 0 saturated carbocycles. The van der Waals surface area contributed by atoms with Gasteiger partial charge in [-0.15, -0.1) is 0 Å². The molecule has 1 unspecified atom stereocenters. The average Bonchev–Trinajstić information content (AvgIpc) is 2.81. The van der Waals surface area contributed by atoms with Crippen molar-refractivity contribution in [1.29, 1.82) is 0 Å². The second-order valence-corrected chi connectivity index (χ2v) is 8.02. The van der Waals surface area contributed by atoms with Gasteiger partial charge in [-0.1, -0.05) is 31.5 Å². The number of hydrogen-bond acceptors (Lipinski definition) is 6. The number of nitrogen functional groups attached to an aromatic ring is 1. The van der Waals surface area contributed by atoms with Crippen LogP contribution in [0.2, 0.25) is 5.02 Å². The average molecular weight is 509 g/mol. The van der Waals surface area contributed by atoms with Gasteiger partial charge in [-0.2, -0.15) is 0 Å². The zero-order chi connectivity index (χ0) is 26.3. The van der Waals surface area contributed by atoms with Gasteiger partial charge in [0.15, 0.2) is 18.2 Å². The van der Waals surface area contributed by atoms with Crippen LogP contribution in [0.25, 0.3) is 11.1 Å². The van der Waals surface area contributed by atoms with E-state index in [1.54, 1.807) is 0 Å². The number of rotatable bonds is 6. The molecule has 1 amide bonds. The second-order valence-electron chi connectivity index (χ2n) is 7.64. The van der Waals surface area contributed by atoms with E-state index < -0.39 is 29.5 Å². The third-order valence-electron chi connectivity index (χ3n) is 4.75. The summed E-state index contributed by atoms with van der Waals surface area (Å²) in [7, 11) is 1.95. The number of carbonyl (C=O) groups is 2. The lowest BCUT2D eigenvalue weighted by Gasteiger charge is -2.14. The number of carbonyl (C=O) groups excluding carboxylic acids is 2. The molecule has 5 N–H and O–H groups in total. The van der Waals surface area contributed by atoms with E-state index in [2.05, 4.69) is 29.5 Å². The van der Waals surface area contributed by atoms with Crippen LogP contribution < -0.4 is 16.4 Å². The van der Waals surface area contributed by atoms with Gasteiger partial charge in [0.1, 0.15) is 17.5 Å². The first-order valence-electron chi connectivity index (χ1n) is 10.3. The van der Waals surface area contributed by atoms with E-state index in [9.17, 15) is 27.9 Å². The van der Waals surface area contributed by atoms with E-state index in [-0.39, 0.29) is 33.2 Å². The van der Waals surface area contributed by atoms with Crippen molar-refractivity contribution in [2.24, 2.45) is 0 Å². The van der Waals surface area contributed by atoms with Crippen molar-refractivity contribution in [3.63, 3.8) is 0 Å². The molecule has 2 aromatic carbocycles. The number of nitrogens with two attached hydrogens (primary N) is 1. The molecule has 3 rings (SSSR count). The lowest BCUT2D eigenvalue weighted by atomic mass is 10.0. The molecule has 1 heterocycles. The molecule has 3 aromatic rings. The smallest absolute Gasteiger partial charge is 0.257 e. The number of nitrogens with one attached hydrogen (secondary N) is 2. The fraction of sp³-hybridized carbons (Fsp3) is 0.208. The highest BCUT2D eigenvalue weighted by Crippen LogP contribution is 2.34. The Kier molecular flexibility index (Phi) is 9.76. The molecule has 186 valence electrons. The van der Waals surface area contributed by atoms with Crippen LogP contribution in [-0.4, -0.2) is 35.4 Å². The summed E-state index contributed by atoms with van der Waals surface area (Å²) < 4.78 is 41.3. The summed E-state index contributed by atoms with van der Waals surface area (Å²) in [4.78, 5) is 27.1. The number of pyridine rings is 1. The molecule has 0 bridgehead atoms. The lowest BCUT2D eigenvalue weighted by Crippen LogP contribution is -2.21. The number of halogens is 4. The molecular weight excluding hydrogens is 485 g/mol. The topological polar surface area (TPSA) is 117 Å². The Hall–Kier alpha value is -3.47. The molecular formula is C24H24ClF3N4O3. The molecule has 0 spiro atoms. The Morgan fingerprint density at radius 1 is 1.14 bits per heavy atom. The Bertz CT molecular complexity index is 1200. The Balaban J connectivity index is 0.000000784. The first-order chi connectivity index (χ1) is 16.5. The fourth-order valence-electron chi connectivity index (χ4n) is 2.69. The predicted molar refractivity (Wildman–Crippen MR) is 129 cm³/mol. The van der Waals surface area contributed by atoms with E-state index in [4.69, 9.17) is 17.3 Å². The number of anilines is 2. The van der Waals surface area contributed by atoms with Gasteiger partial charge in [-0.3, -0.25) is 9.59 Å².